The van der Waals surface area contributed by atoms with Gasteiger partial charge in [0.25, 0.3) is 0 Å². The van der Waals surface area contributed by atoms with Gasteiger partial charge in [-0.15, -0.1) is 8.07 Å². The third kappa shape index (κ3) is 2.30. The van der Waals surface area contributed by atoms with Crippen molar-refractivity contribution in [3.8, 4) is 0 Å². The van der Waals surface area contributed by atoms with E-state index < -0.39 is 0 Å². The summed E-state index contributed by atoms with van der Waals surface area (Å²) in [6.45, 7) is 0. The average molecular weight is 314 g/mol. The molecule has 0 saturated carbocycles. The zero-order valence-electron chi connectivity index (χ0n) is 7.60. The van der Waals surface area contributed by atoms with Crippen molar-refractivity contribution in [3.63, 3.8) is 0 Å². The molecule has 2 rings (SSSR count). The van der Waals surface area contributed by atoms with E-state index >= 15 is 0 Å². The Balaban J connectivity index is 2.30. The highest BCUT2D eigenvalue weighted by Gasteiger charge is 2.03. The Morgan fingerprint density at radius 3 is 1.36 bits per heavy atom. The number of thiol groups is 1. The maximum atomic E-state index is 2.54. The maximum absolute atomic E-state index is 2.54. The highest BCUT2D eigenvalue weighted by atomic mass is 127. The molecule has 2 aromatic rings. The number of hydrogen-bond acceptors (Lipinski definition) is 0. The number of rotatable bonds is 2. The van der Waals surface area contributed by atoms with Crippen molar-refractivity contribution in [2.75, 3.05) is 0 Å². The van der Waals surface area contributed by atoms with Crippen LogP contribution >= 0.6 is 29.3 Å². The first-order valence-electron chi connectivity index (χ1n) is 4.44. The second-order valence-corrected chi connectivity index (χ2v) is 7.44. The summed E-state index contributed by atoms with van der Waals surface area (Å²) in [6, 6.07) is 21.3. The van der Waals surface area contributed by atoms with Crippen LogP contribution in [-0.4, -0.2) is 0 Å². The van der Waals surface area contributed by atoms with Crippen molar-refractivity contribution >= 4 is 29.3 Å². The fraction of sp³-hybridized carbons (Fsp3) is 0. The quantitative estimate of drug-likeness (QED) is 0.614. The van der Waals surface area contributed by atoms with Crippen LogP contribution in [0.3, 0.4) is 0 Å². The highest BCUT2D eigenvalue weighted by molar-refractivity contribution is 14.2. The Hall–Kier alpha value is -0.480. The van der Waals surface area contributed by atoms with Gasteiger partial charge in [-0.3, -0.25) is 0 Å². The zero-order chi connectivity index (χ0) is 9.80. The summed E-state index contributed by atoms with van der Waals surface area (Å²) in [4.78, 5) is 2.85. The minimum absolute atomic E-state index is 0.201. The van der Waals surface area contributed by atoms with Gasteiger partial charge < -0.3 is 0 Å². The molecule has 2 aromatic carbocycles. The normalized spacial score (nSPS) is 11.1. The Kier molecular flexibility index (Phi) is 3.48. The third-order valence-corrected chi connectivity index (χ3v) is 6.81. The summed E-state index contributed by atoms with van der Waals surface area (Å²) in [6.07, 6.45) is 0. The molecule has 0 heterocycles. The molecule has 0 unspecified atom stereocenters. The van der Waals surface area contributed by atoms with E-state index in [1.165, 1.54) is 9.79 Å². The van der Waals surface area contributed by atoms with Gasteiger partial charge in [0.15, 0.2) is 0 Å². The molecule has 0 aliphatic heterocycles. The maximum Gasteiger partial charge on any atom is 0.0000503 e. The first-order chi connectivity index (χ1) is 6.88. The molecule has 72 valence electrons. The molecule has 0 N–H and O–H groups in total. The lowest BCUT2D eigenvalue weighted by Crippen LogP contribution is -1.76. The first kappa shape index (κ1) is 10.1. The molecule has 14 heavy (non-hydrogen) atoms. The molecule has 2 heteroatoms. The van der Waals surface area contributed by atoms with Crippen LogP contribution in [0.4, 0.5) is 0 Å². The SMILES string of the molecule is I[SH](c1ccccc1)c1ccccc1. The van der Waals surface area contributed by atoms with Crippen molar-refractivity contribution in [2.45, 2.75) is 9.79 Å². The van der Waals surface area contributed by atoms with Crippen molar-refractivity contribution < 1.29 is 0 Å². The smallest absolute Gasteiger partial charge is 0.0000503 e. The number of benzene rings is 2. The molecule has 0 bridgehead atoms. The monoisotopic (exact) mass is 314 g/mol. The van der Waals surface area contributed by atoms with Gasteiger partial charge in [0.1, 0.15) is 0 Å². The third-order valence-electron chi connectivity index (χ3n) is 1.97. The lowest BCUT2D eigenvalue weighted by atomic mass is 10.4. The van der Waals surface area contributed by atoms with E-state index in [1.54, 1.807) is 0 Å². The van der Waals surface area contributed by atoms with Crippen molar-refractivity contribution in [2.24, 2.45) is 0 Å². The Labute approximate surface area is 99.3 Å². The van der Waals surface area contributed by atoms with Crippen molar-refractivity contribution in [1.29, 1.82) is 0 Å². The number of hydrogen-bond donors (Lipinski definition) is 1. The van der Waals surface area contributed by atoms with Crippen LogP contribution in [0, 0.1) is 0 Å². The van der Waals surface area contributed by atoms with Gasteiger partial charge in [-0.25, -0.2) is 0 Å². The summed E-state index contributed by atoms with van der Waals surface area (Å²) < 4.78 is 0. The molecular weight excluding hydrogens is 303 g/mol. The second-order valence-electron chi connectivity index (χ2n) is 2.95. The topological polar surface area (TPSA) is 0 Å². The van der Waals surface area contributed by atoms with E-state index in [-0.39, 0.29) is 8.07 Å². The largest absolute Gasteiger partial charge is 0.145 e. The van der Waals surface area contributed by atoms with Crippen LogP contribution in [0.25, 0.3) is 0 Å². The van der Waals surface area contributed by atoms with Gasteiger partial charge in [0.2, 0.25) is 0 Å². The van der Waals surface area contributed by atoms with Gasteiger partial charge in [-0.1, -0.05) is 36.4 Å². The van der Waals surface area contributed by atoms with Crippen LogP contribution in [-0.2, 0) is 0 Å². The predicted octanol–water partition coefficient (Wildman–Crippen LogP) is 4.46. The minimum atomic E-state index is -0.201. The second kappa shape index (κ2) is 4.84. The molecule has 0 spiro atoms. The molecule has 0 nitrogen and oxygen atoms in total. The summed E-state index contributed by atoms with van der Waals surface area (Å²) >= 11 is 2.54. The fourth-order valence-electron chi connectivity index (χ4n) is 1.27. The summed E-state index contributed by atoms with van der Waals surface area (Å²) in [5, 5.41) is 0. The van der Waals surface area contributed by atoms with Crippen molar-refractivity contribution in [3.05, 3.63) is 60.7 Å². The van der Waals surface area contributed by atoms with E-state index in [2.05, 4.69) is 81.9 Å². The molecule has 0 fully saturated rings. The fourth-order valence-corrected chi connectivity index (χ4v) is 4.36. The lowest BCUT2D eigenvalue weighted by Gasteiger charge is -2.14. The minimum Gasteiger partial charge on any atom is -0.145 e. The zero-order valence-corrected chi connectivity index (χ0v) is 10.7. The van der Waals surface area contributed by atoms with E-state index in [9.17, 15) is 0 Å². The van der Waals surface area contributed by atoms with Gasteiger partial charge in [-0.2, -0.15) is 0 Å². The van der Waals surface area contributed by atoms with Gasteiger partial charge >= 0.3 is 0 Å². The molecule has 0 aliphatic carbocycles. The van der Waals surface area contributed by atoms with Crippen LogP contribution in [0.1, 0.15) is 0 Å². The highest BCUT2D eigenvalue weighted by Crippen LogP contribution is 2.50. The Morgan fingerprint density at radius 2 is 1.00 bits per heavy atom. The van der Waals surface area contributed by atoms with E-state index in [4.69, 9.17) is 0 Å². The van der Waals surface area contributed by atoms with Crippen LogP contribution in [0.5, 0.6) is 0 Å². The average Bonchev–Trinajstić information content (AvgIpc) is 2.30. The Bertz CT molecular complexity index is 346. The molecule has 0 aliphatic rings. The molecule has 0 aromatic heterocycles. The van der Waals surface area contributed by atoms with Crippen molar-refractivity contribution in [1.82, 2.24) is 0 Å². The standard InChI is InChI=1S/C12H11IS/c13-14(11-7-3-1-4-8-11)12-9-5-2-6-10-12/h1-10,14H. The molecule has 0 radical (unpaired) electrons. The predicted molar refractivity (Wildman–Crippen MR) is 72.4 cm³/mol. The van der Waals surface area contributed by atoms with Gasteiger partial charge in [0, 0.05) is 9.79 Å². The Morgan fingerprint density at radius 1 is 0.643 bits per heavy atom. The van der Waals surface area contributed by atoms with E-state index in [0.717, 1.165) is 0 Å². The molecular formula is C12H11IS. The summed E-state index contributed by atoms with van der Waals surface area (Å²) in [5.74, 6) is 0. The summed E-state index contributed by atoms with van der Waals surface area (Å²) in [5.41, 5.74) is 0. The molecule has 0 saturated heterocycles. The molecule has 0 atom stereocenters. The van der Waals surface area contributed by atoms with Crippen LogP contribution in [0.2, 0.25) is 0 Å². The van der Waals surface area contributed by atoms with Gasteiger partial charge in [0.05, 0.1) is 0 Å². The first-order valence-corrected chi connectivity index (χ1v) is 8.56. The molecule has 0 amide bonds. The lowest BCUT2D eigenvalue weighted by molar-refractivity contribution is 1.41. The van der Waals surface area contributed by atoms with E-state index in [0.29, 0.717) is 0 Å². The van der Waals surface area contributed by atoms with Crippen LogP contribution < -0.4 is 0 Å². The number of halogens is 1. The van der Waals surface area contributed by atoms with E-state index in [1.807, 2.05) is 0 Å². The van der Waals surface area contributed by atoms with Crippen LogP contribution in [0.15, 0.2) is 70.5 Å². The van der Waals surface area contributed by atoms with Gasteiger partial charge in [-0.05, 0) is 45.5 Å². The summed E-state index contributed by atoms with van der Waals surface area (Å²) in [7, 11) is -0.201.